The van der Waals surface area contributed by atoms with Crippen LogP contribution in [0.4, 0.5) is 40.7 Å². The number of carbonyl (C=O) groups is 1. The number of nitrogens with zero attached hydrogens (tertiary/aromatic N) is 4. The summed E-state index contributed by atoms with van der Waals surface area (Å²) in [6, 6.07) is 6.12. The summed E-state index contributed by atoms with van der Waals surface area (Å²) in [7, 11) is -1.81. The molecule has 0 fully saturated rings. The van der Waals surface area contributed by atoms with Crippen molar-refractivity contribution in [3.63, 3.8) is 0 Å². The van der Waals surface area contributed by atoms with Gasteiger partial charge in [0.15, 0.2) is 0 Å². The molecular weight excluding hydrogens is 625 g/mol. The molecule has 240 valence electrons. The van der Waals surface area contributed by atoms with E-state index in [9.17, 15) is 32.3 Å². The van der Waals surface area contributed by atoms with Crippen LogP contribution in [0.1, 0.15) is 27.9 Å². The number of hydrogen-bond acceptors (Lipinski definition) is 9. The fraction of sp³-hybridized carbons (Fsp3) is 0.259. The molecule has 0 spiro atoms. The molecule has 0 aliphatic rings. The molecule has 0 radical (unpaired) electrons. The van der Waals surface area contributed by atoms with E-state index in [4.69, 9.17) is 9.84 Å². The zero-order valence-corrected chi connectivity index (χ0v) is 24.7. The Bertz CT molecular complexity index is 1750. The predicted octanol–water partition coefficient (Wildman–Crippen LogP) is 4.41. The van der Waals surface area contributed by atoms with Crippen LogP contribution in [-0.4, -0.2) is 61.3 Å². The Morgan fingerprint density at radius 3 is 2.51 bits per heavy atom. The summed E-state index contributed by atoms with van der Waals surface area (Å²) in [5.74, 6) is -2.65. The van der Waals surface area contributed by atoms with E-state index in [2.05, 4.69) is 31.0 Å². The number of aliphatic hydroxyl groups is 1. The molecule has 0 aliphatic carbocycles. The highest BCUT2D eigenvalue weighted by Gasteiger charge is 2.36. The first kappa shape index (κ1) is 33.3. The number of hydrogen-bond donors (Lipinski definition) is 6. The minimum Gasteiger partial charge on any atom is -0.495 e. The molecule has 0 bridgehead atoms. The number of anilines is 4. The molecule has 0 aliphatic heterocycles. The maximum absolute atomic E-state index is 15.4. The summed E-state index contributed by atoms with van der Waals surface area (Å²) in [5.41, 5.74) is -1.16. The molecule has 2 heterocycles. The standard InChI is InChI=1S/C27H28F4N7O6P/c1-32-25(40)18-9-17(16-11-34-38(13-16)6-3-7-39)20(28)10-22(18)35-24-19(27(29,30)31)12-33-26(37-24)36-21-5-4-15(8-23(21)44-2)14-45(41,42)43/h4-5,8-13,39H,3,6-7,14H2,1-2H3,(H,32,40)(H2,41,42,43)(H2,33,35,36,37). The van der Waals surface area contributed by atoms with Crippen LogP contribution in [0.2, 0.25) is 0 Å². The molecule has 0 atom stereocenters. The summed E-state index contributed by atoms with van der Waals surface area (Å²) in [5, 5.41) is 20.6. The van der Waals surface area contributed by atoms with Gasteiger partial charge in [0.05, 0.1) is 36.4 Å². The molecule has 13 nitrogen and oxygen atoms in total. The lowest BCUT2D eigenvalue weighted by Gasteiger charge is -2.18. The van der Waals surface area contributed by atoms with Gasteiger partial charge in [-0.1, -0.05) is 6.07 Å². The number of alkyl halides is 3. The zero-order chi connectivity index (χ0) is 32.9. The topological polar surface area (TPSA) is 184 Å². The van der Waals surface area contributed by atoms with Crippen molar-refractivity contribution in [2.75, 3.05) is 31.4 Å². The van der Waals surface area contributed by atoms with E-state index < -0.39 is 43.0 Å². The number of rotatable bonds is 12. The van der Waals surface area contributed by atoms with Crippen molar-refractivity contribution in [1.29, 1.82) is 0 Å². The summed E-state index contributed by atoms with van der Waals surface area (Å²) >= 11 is 0. The summed E-state index contributed by atoms with van der Waals surface area (Å²) in [6.07, 6.45) is -1.75. The molecule has 18 heteroatoms. The highest BCUT2D eigenvalue weighted by atomic mass is 31.2. The highest BCUT2D eigenvalue weighted by Crippen LogP contribution is 2.41. The van der Waals surface area contributed by atoms with Crippen LogP contribution in [-0.2, 0) is 23.4 Å². The summed E-state index contributed by atoms with van der Waals surface area (Å²) in [4.78, 5) is 38.9. The van der Waals surface area contributed by atoms with Gasteiger partial charge in [-0.05, 0) is 36.2 Å². The number of ether oxygens (including phenoxy) is 1. The number of carbonyl (C=O) groups excluding carboxylic acids is 1. The second kappa shape index (κ2) is 13.6. The monoisotopic (exact) mass is 653 g/mol. The number of benzene rings is 2. The SMILES string of the molecule is CNC(=O)c1cc(-c2cnn(CCCO)c2)c(F)cc1Nc1nc(Nc2ccc(CP(=O)(O)O)cc2OC)ncc1C(F)(F)F. The van der Waals surface area contributed by atoms with Crippen molar-refractivity contribution in [2.45, 2.75) is 25.3 Å². The van der Waals surface area contributed by atoms with Crippen LogP contribution in [0.25, 0.3) is 11.1 Å². The molecule has 2 aromatic carbocycles. The molecule has 1 amide bonds. The van der Waals surface area contributed by atoms with Crippen LogP contribution < -0.4 is 20.7 Å². The number of aryl methyl sites for hydroxylation is 1. The first-order valence-electron chi connectivity index (χ1n) is 13.1. The Balaban J connectivity index is 1.73. The van der Waals surface area contributed by atoms with Gasteiger partial charge in [-0.3, -0.25) is 14.0 Å². The van der Waals surface area contributed by atoms with Gasteiger partial charge in [0.25, 0.3) is 5.91 Å². The molecule has 45 heavy (non-hydrogen) atoms. The third kappa shape index (κ3) is 8.33. The normalized spacial score (nSPS) is 11.8. The van der Waals surface area contributed by atoms with E-state index >= 15 is 4.39 Å². The summed E-state index contributed by atoms with van der Waals surface area (Å²) < 4.78 is 75.4. The third-order valence-corrected chi connectivity index (χ3v) is 7.09. The second-order valence-corrected chi connectivity index (χ2v) is 11.2. The van der Waals surface area contributed by atoms with Crippen LogP contribution in [0, 0.1) is 5.82 Å². The molecule has 4 aromatic rings. The average molecular weight is 654 g/mol. The Labute approximate surface area is 253 Å². The van der Waals surface area contributed by atoms with Crippen molar-refractivity contribution in [2.24, 2.45) is 0 Å². The van der Waals surface area contributed by atoms with Crippen molar-refractivity contribution in [1.82, 2.24) is 25.1 Å². The maximum Gasteiger partial charge on any atom is 0.421 e. The third-order valence-electron chi connectivity index (χ3n) is 6.32. The fourth-order valence-electron chi connectivity index (χ4n) is 4.25. The number of halogens is 4. The molecule has 0 saturated heterocycles. The van der Waals surface area contributed by atoms with E-state index in [1.807, 2.05) is 0 Å². The van der Waals surface area contributed by atoms with Gasteiger partial charge < -0.3 is 35.6 Å². The summed E-state index contributed by atoms with van der Waals surface area (Å²) in [6.45, 7) is 0.276. The van der Waals surface area contributed by atoms with Gasteiger partial charge >= 0.3 is 13.8 Å². The first-order valence-corrected chi connectivity index (χ1v) is 14.9. The fourth-order valence-corrected chi connectivity index (χ4v) is 4.92. The quantitative estimate of drug-likeness (QED) is 0.0941. The minimum atomic E-state index is -4.95. The van der Waals surface area contributed by atoms with Gasteiger partial charge in [0, 0.05) is 43.7 Å². The Kier molecular flexibility index (Phi) is 10.1. The van der Waals surface area contributed by atoms with Crippen molar-refractivity contribution >= 4 is 36.6 Å². The first-order chi connectivity index (χ1) is 21.2. The molecule has 4 rings (SSSR count). The molecule has 0 saturated carbocycles. The lowest BCUT2D eigenvalue weighted by Crippen LogP contribution is -2.20. The van der Waals surface area contributed by atoms with Gasteiger partial charge in [0.1, 0.15) is 22.9 Å². The Morgan fingerprint density at radius 2 is 1.87 bits per heavy atom. The lowest BCUT2D eigenvalue weighted by molar-refractivity contribution is -0.137. The zero-order valence-electron chi connectivity index (χ0n) is 23.8. The highest BCUT2D eigenvalue weighted by molar-refractivity contribution is 7.50. The lowest BCUT2D eigenvalue weighted by atomic mass is 10.0. The minimum absolute atomic E-state index is 0.0372. The Morgan fingerprint density at radius 1 is 1.11 bits per heavy atom. The van der Waals surface area contributed by atoms with Gasteiger partial charge in [-0.25, -0.2) is 9.37 Å². The number of amides is 1. The van der Waals surface area contributed by atoms with E-state index in [1.165, 1.54) is 55.5 Å². The Hall–Kier alpha value is -4.57. The van der Waals surface area contributed by atoms with E-state index in [-0.39, 0.29) is 46.4 Å². The van der Waals surface area contributed by atoms with E-state index in [0.29, 0.717) is 24.7 Å². The van der Waals surface area contributed by atoms with Crippen LogP contribution in [0.15, 0.2) is 48.9 Å². The van der Waals surface area contributed by atoms with Gasteiger partial charge in [0.2, 0.25) is 5.95 Å². The predicted molar refractivity (Wildman–Crippen MR) is 155 cm³/mol. The van der Waals surface area contributed by atoms with Crippen LogP contribution in [0.3, 0.4) is 0 Å². The van der Waals surface area contributed by atoms with Crippen molar-refractivity contribution < 1.29 is 46.6 Å². The maximum atomic E-state index is 15.4. The number of methoxy groups -OCH3 is 1. The van der Waals surface area contributed by atoms with Crippen molar-refractivity contribution in [3.05, 3.63) is 71.4 Å². The molecular formula is C27H28F4N7O6P. The van der Waals surface area contributed by atoms with Crippen LogP contribution >= 0.6 is 7.60 Å². The average Bonchev–Trinajstić information content (AvgIpc) is 3.44. The van der Waals surface area contributed by atoms with Crippen LogP contribution in [0.5, 0.6) is 5.75 Å². The number of nitrogens with one attached hydrogen (secondary N) is 3. The smallest absolute Gasteiger partial charge is 0.421 e. The second-order valence-electron chi connectivity index (χ2n) is 9.59. The van der Waals surface area contributed by atoms with Crippen molar-refractivity contribution in [3.8, 4) is 16.9 Å². The molecule has 0 unspecified atom stereocenters. The van der Waals surface area contributed by atoms with E-state index in [1.54, 1.807) is 0 Å². The number of aromatic nitrogens is 4. The largest absolute Gasteiger partial charge is 0.495 e. The van der Waals surface area contributed by atoms with Gasteiger partial charge in [-0.2, -0.15) is 23.3 Å². The number of aliphatic hydroxyl groups excluding tert-OH is 1. The van der Waals surface area contributed by atoms with E-state index in [0.717, 1.165) is 6.07 Å². The van der Waals surface area contributed by atoms with Gasteiger partial charge in [-0.15, -0.1) is 0 Å². The molecule has 2 aromatic heterocycles. The molecule has 6 N–H and O–H groups in total.